The molecule has 0 aromatic heterocycles. The number of hydrogen-bond acceptors (Lipinski definition) is 5. The molecule has 2 unspecified atom stereocenters. The number of amides is 1. The Hall–Kier alpha value is -2.18. The third-order valence-electron chi connectivity index (χ3n) is 12.1. The maximum atomic E-state index is 12.4. The monoisotopic (exact) mass is 870 g/mol. The van der Waals surface area contributed by atoms with Gasteiger partial charge in [0.15, 0.2) is 0 Å². The van der Waals surface area contributed by atoms with Gasteiger partial charge < -0.3 is 20.3 Å². The number of aliphatic hydroxyl groups is 2. The van der Waals surface area contributed by atoms with Crippen LogP contribution in [0.4, 0.5) is 0 Å². The molecule has 0 radical (unpaired) electrons. The molecule has 362 valence electrons. The molecule has 0 saturated carbocycles. The highest BCUT2D eigenvalue weighted by atomic mass is 16.5. The van der Waals surface area contributed by atoms with Crippen LogP contribution in [0.25, 0.3) is 0 Å². The molecule has 0 heterocycles. The van der Waals surface area contributed by atoms with Gasteiger partial charge in [0.2, 0.25) is 5.91 Å². The molecule has 0 bridgehead atoms. The van der Waals surface area contributed by atoms with Crippen molar-refractivity contribution >= 4 is 11.9 Å². The minimum atomic E-state index is -0.852. The van der Waals surface area contributed by atoms with Crippen LogP contribution < -0.4 is 5.32 Å². The van der Waals surface area contributed by atoms with E-state index >= 15 is 0 Å². The quantitative estimate of drug-likeness (QED) is 0.0322. The van der Waals surface area contributed by atoms with Gasteiger partial charge in [0.05, 0.1) is 25.4 Å². The van der Waals surface area contributed by atoms with Gasteiger partial charge in [-0.2, -0.15) is 0 Å². The minimum Gasteiger partial charge on any atom is -0.466 e. The first-order valence-electron chi connectivity index (χ1n) is 26.9. The first kappa shape index (κ1) is 59.8. The number of aliphatic hydroxyl groups excluding tert-OH is 2. The lowest BCUT2D eigenvalue weighted by molar-refractivity contribution is -0.143. The average Bonchev–Trinajstić information content (AvgIpc) is 3.27. The third-order valence-corrected chi connectivity index (χ3v) is 12.1. The molecule has 0 aromatic carbocycles. The van der Waals surface area contributed by atoms with Crippen LogP contribution in [-0.4, -0.2) is 47.4 Å². The summed E-state index contributed by atoms with van der Waals surface area (Å²) >= 11 is 0. The van der Waals surface area contributed by atoms with Gasteiger partial charge in [0.1, 0.15) is 0 Å². The molecule has 0 aliphatic heterocycles. The number of carbonyl (C=O) groups excluding carboxylic acids is 2. The molecule has 0 aromatic rings. The zero-order valence-corrected chi connectivity index (χ0v) is 41.1. The van der Waals surface area contributed by atoms with Crippen molar-refractivity contribution in [2.45, 2.75) is 283 Å². The zero-order chi connectivity index (χ0) is 45.1. The molecule has 1 amide bonds. The Labute approximate surface area is 385 Å². The number of allylic oxidation sites excluding steroid dienone is 7. The molecule has 0 fully saturated rings. The van der Waals surface area contributed by atoms with Crippen molar-refractivity contribution in [1.29, 1.82) is 0 Å². The van der Waals surface area contributed by atoms with Crippen molar-refractivity contribution in [2.24, 2.45) is 0 Å². The molecule has 0 aliphatic carbocycles. The summed E-state index contributed by atoms with van der Waals surface area (Å²) < 4.78 is 5.47. The van der Waals surface area contributed by atoms with E-state index in [0.29, 0.717) is 19.4 Å². The summed E-state index contributed by atoms with van der Waals surface area (Å²) in [5.41, 5.74) is 0. The average molecular weight is 870 g/mol. The lowest BCUT2D eigenvalue weighted by atomic mass is 10.1. The molecule has 0 saturated heterocycles. The van der Waals surface area contributed by atoms with Crippen LogP contribution in [0.1, 0.15) is 271 Å². The van der Waals surface area contributed by atoms with E-state index in [0.717, 1.165) is 70.6 Å². The molecule has 62 heavy (non-hydrogen) atoms. The van der Waals surface area contributed by atoms with Gasteiger partial charge in [-0.1, -0.05) is 217 Å². The lowest BCUT2D eigenvalue weighted by Gasteiger charge is -2.20. The Morgan fingerprint density at radius 3 is 1.27 bits per heavy atom. The number of carbonyl (C=O) groups is 2. The van der Waals surface area contributed by atoms with E-state index in [1.165, 1.54) is 173 Å². The maximum absolute atomic E-state index is 12.4. The number of hydrogen-bond donors (Lipinski definition) is 3. The largest absolute Gasteiger partial charge is 0.466 e. The molecule has 6 nitrogen and oxygen atoms in total. The third kappa shape index (κ3) is 47.3. The predicted octanol–water partition coefficient (Wildman–Crippen LogP) is 16.2. The van der Waals surface area contributed by atoms with Crippen molar-refractivity contribution in [1.82, 2.24) is 5.32 Å². The summed E-state index contributed by atoms with van der Waals surface area (Å²) in [6.45, 7) is 4.83. The van der Waals surface area contributed by atoms with Crippen molar-refractivity contribution in [3.8, 4) is 0 Å². The van der Waals surface area contributed by atoms with E-state index in [2.05, 4.69) is 55.6 Å². The summed E-state index contributed by atoms with van der Waals surface area (Å²) in [6.07, 6.45) is 64.1. The maximum Gasteiger partial charge on any atom is 0.305 e. The van der Waals surface area contributed by atoms with Gasteiger partial charge in [-0.25, -0.2) is 0 Å². The van der Waals surface area contributed by atoms with Gasteiger partial charge in [0, 0.05) is 12.8 Å². The highest BCUT2D eigenvalue weighted by Gasteiger charge is 2.18. The Morgan fingerprint density at radius 2 is 0.806 bits per heavy atom. The van der Waals surface area contributed by atoms with Gasteiger partial charge in [-0.3, -0.25) is 9.59 Å². The first-order chi connectivity index (χ1) is 30.5. The minimum absolute atomic E-state index is 0.00666. The smallest absolute Gasteiger partial charge is 0.305 e. The topological polar surface area (TPSA) is 95.9 Å². The molecule has 0 spiro atoms. The number of esters is 1. The molecular formula is C56H103NO5. The van der Waals surface area contributed by atoms with Gasteiger partial charge >= 0.3 is 5.97 Å². The molecule has 6 heteroatoms. The van der Waals surface area contributed by atoms with Crippen LogP contribution in [0.5, 0.6) is 0 Å². The second kappa shape index (κ2) is 51.5. The summed E-state index contributed by atoms with van der Waals surface area (Å²) in [5.74, 6) is -0.0923. The van der Waals surface area contributed by atoms with Crippen LogP contribution in [-0.2, 0) is 14.3 Å². The molecule has 0 rings (SSSR count). The van der Waals surface area contributed by atoms with E-state index in [-0.39, 0.29) is 18.5 Å². The van der Waals surface area contributed by atoms with E-state index in [9.17, 15) is 19.8 Å². The van der Waals surface area contributed by atoms with Crippen molar-refractivity contribution in [3.05, 3.63) is 48.6 Å². The standard InChI is InChI=1S/C56H103NO5/c1-3-5-7-9-11-13-15-16-17-20-24-27-30-34-38-42-46-50-56(61)62-51-47-43-39-35-31-28-25-22-19-18-21-23-26-29-33-37-41-45-49-55(60)57-53(52-58)54(59)48-44-40-36-32-14-12-10-8-6-4-2/h11,13,16-17,21,23,44,48,53-54,58-59H,3-10,12,14-15,18-20,22,24-43,45-47,49-52H2,1-2H3,(H,57,60)/b13-11-,17-16-,23-21-,48-44+. The van der Waals surface area contributed by atoms with Crippen molar-refractivity contribution in [3.63, 3.8) is 0 Å². The van der Waals surface area contributed by atoms with E-state index in [4.69, 9.17) is 4.74 Å². The first-order valence-corrected chi connectivity index (χ1v) is 26.9. The SMILES string of the molecule is CCCCC/C=C\C/C=C\CCCCCCCCCC(=O)OCCCCCCCCCCC/C=C\CCCCCCCC(=O)NC(CO)C(O)/C=C/CCCCCCCCCC. The van der Waals surface area contributed by atoms with Crippen LogP contribution in [0.15, 0.2) is 48.6 Å². The highest BCUT2D eigenvalue weighted by molar-refractivity contribution is 5.76. The number of unbranched alkanes of at least 4 members (excludes halogenated alkanes) is 32. The van der Waals surface area contributed by atoms with Gasteiger partial charge in [0.25, 0.3) is 0 Å². The molecular weight excluding hydrogens is 767 g/mol. The molecule has 2 atom stereocenters. The van der Waals surface area contributed by atoms with Crippen LogP contribution >= 0.6 is 0 Å². The fourth-order valence-electron chi connectivity index (χ4n) is 7.89. The van der Waals surface area contributed by atoms with Gasteiger partial charge in [-0.05, 0) is 89.9 Å². The van der Waals surface area contributed by atoms with Crippen molar-refractivity contribution < 1.29 is 24.5 Å². The molecule has 0 aliphatic rings. The van der Waals surface area contributed by atoms with E-state index in [1.807, 2.05) is 6.08 Å². The summed E-state index contributed by atoms with van der Waals surface area (Å²) in [6, 6.07) is -0.637. The van der Waals surface area contributed by atoms with E-state index in [1.54, 1.807) is 6.08 Å². The van der Waals surface area contributed by atoms with Crippen molar-refractivity contribution in [2.75, 3.05) is 13.2 Å². The normalized spacial score (nSPS) is 13.0. The number of nitrogens with one attached hydrogen (secondary N) is 1. The Morgan fingerprint density at radius 1 is 0.452 bits per heavy atom. The molecule has 3 N–H and O–H groups in total. The predicted molar refractivity (Wildman–Crippen MR) is 269 cm³/mol. The van der Waals surface area contributed by atoms with E-state index < -0.39 is 12.1 Å². The van der Waals surface area contributed by atoms with Crippen LogP contribution in [0.2, 0.25) is 0 Å². The second-order valence-electron chi connectivity index (χ2n) is 18.2. The zero-order valence-electron chi connectivity index (χ0n) is 41.1. The lowest BCUT2D eigenvalue weighted by Crippen LogP contribution is -2.45. The van der Waals surface area contributed by atoms with Crippen LogP contribution in [0, 0.1) is 0 Å². The highest BCUT2D eigenvalue weighted by Crippen LogP contribution is 2.15. The summed E-state index contributed by atoms with van der Waals surface area (Å²) in [5, 5.41) is 22.9. The fourth-order valence-corrected chi connectivity index (χ4v) is 7.89. The number of rotatable bonds is 49. The summed E-state index contributed by atoms with van der Waals surface area (Å²) in [4.78, 5) is 24.4. The Kier molecular flexibility index (Phi) is 49.6. The summed E-state index contributed by atoms with van der Waals surface area (Å²) in [7, 11) is 0. The second-order valence-corrected chi connectivity index (χ2v) is 18.2. The Balaban J connectivity index is 3.46. The van der Waals surface area contributed by atoms with Gasteiger partial charge in [-0.15, -0.1) is 0 Å². The van der Waals surface area contributed by atoms with Crippen LogP contribution in [0.3, 0.4) is 0 Å². The Bertz CT molecular complexity index is 1050. The fraction of sp³-hybridized carbons (Fsp3) is 0.821. The number of ether oxygens (including phenoxy) is 1.